The molecule has 1 N–H and O–H groups in total. The molecule has 0 spiro atoms. The van der Waals surface area contributed by atoms with Crippen molar-refractivity contribution in [2.24, 2.45) is 4.99 Å². The van der Waals surface area contributed by atoms with Crippen LogP contribution < -0.4 is 10.7 Å². The van der Waals surface area contributed by atoms with Gasteiger partial charge in [-0.1, -0.05) is 8.96 Å². The third-order valence-corrected chi connectivity index (χ3v) is 3.06. The second kappa shape index (κ2) is 5.31. The molecule has 0 fully saturated rings. The van der Waals surface area contributed by atoms with Crippen LogP contribution in [0, 0.1) is 6.92 Å². The van der Waals surface area contributed by atoms with E-state index < -0.39 is 5.34 Å². The lowest BCUT2D eigenvalue weighted by Gasteiger charge is -2.31. The lowest BCUT2D eigenvalue weighted by Crippen LogP contribution is -2.43. The summed E-state index contributed by atoms with van der Waals surface area (Å²) in [5.41, 5.74) is 1.40. The molecule has 0 saturated carbocycles. The van der Waals surface area contributed by atoms with Crippen LogP contribution in [-0.2, 0) is 0 Å². The van der Waals surface area contributed by atoms with E-state index in [2.05, 4.69) is 15.3 Å². The third-order valence-electron chi connectivity index (χ3n) is 3.06. The maximum atomic E-state index is 12.7. The summed E-state index contributed by atoms with van der Waals surface area (Å²) in [5.74, 6) is 0. The summed E-state index contributed by atoms with van der Waals surface area (Å²) < 4.78 is 25.5. The Balaban J connectivity index is 2.40. The van der Waals surface area contributed by atoms with E-state index >= 15 is 0 Å². The second-order valence-corrected chi connectivity index (χ2v) is 4.22. The summed E-state index contributed by atoms with van der Waals surface area (Å²) >= 11 is 0. The van der Waals surface area contributed by atoms with Crippen molar-refractivity contribution in [2.75, 3.05) is 19.4 Å². The zero-order valence-corrected chi connectivity index (χ0v) is 10.9. The second-order valence-electron chi connectivity index (χ2n) is 4.22. The predicted octanol–water partition coefficient (Wildman–Crippen LogP) is 1.83. The topological polar surface area (TPSA) is 43.8 Å². The number of hydrogen-bond donors (Lipinski definition) is 1. The van der Waals surface area contributed by atoms with E-state index in [1.54, 1.807) is 32.6 Å². The molecule has 0 aromatic carbocycles. The van der Waals surface area contributed by atoms with Gasteiger partial charge in [0.05, 0.1) is 17.6 Å². The highest BCUT2D eigenvalue weighted by molar-refractivity contribution is 5.76. The number of anilines is 1. The quantitative estimate of drug-likeness (QED) is 0.848. The maximum Gasteiger partial charge on any atom is 0.127 e. The minimum atomic E-state index is -0.923. The smallest absolute Gasteiger partial charge is 0.127 e. The highest BCUT2D eigenvalue weighted by Crippen LogP contribution is 2.27. The monoisotopic (exact) mass is 267 g/mol. The fourth-order valence-electron chi connectivity index (χ4n) is 1.92. The molecule has 2 rings (SSSR count). The predicted molar refractivity (Wildman–Crippen MR) is 70.7 cm³/mol. The summed E-state index contributed by atoms with van der Waals surface area (Å²) in [4.78, 5) is 10.0. The first-order chi connectivity index (χ1) is 9.04. The number of nitrogens with one attached hydrogen (secondary N) is 1. The Morgan fingerprint density at radius 1 is 1.42 bits per heavy atom. The Labute approximate surface area is 110 Å². The summed E-state index contributed by atoms with van der Waals surface area (Å²) in [6.07, 6.45) is 4.86. The molecule has 1 unspecified atom stereocenters. The normalized spacial score (nSPS) is 18.5. The minimum absolute atomic E-state index is 0.0726. The van der Waals surface area contributed by atoms with Crippen molar-refractivity contribution in [1.82, 2.24) is 15.2 Å². The van der Waals surface area contributed by atoms with Gasteiger partial charge in [0.15, 0.2) is 0 Å². The Hall–Kier alpha value is -2.02. The molecule has 2 heterocycles. The molecule has 19 heavy (non-hydrogen) atoms. The van der Waals surface area contributed by atoms with Crippen LogP contribution in [0.2, 0.25) is 0 Å². The molecule has 0 aliphatic carbocycles. The average molecular weight is 267 g/mol. The molecule has 1 aromatic rings. The highest BCUT2D eigenvalue weighted by Gasteiger charge is 2.20. The molecular weight excluding hydrogens is 252 g/mol. The Bertz CT molecular complexity index is 527. The van der Waals surface area contributed by atoms with Gasteiger partial charge in [-0.05, 0) is 25.4 Å². The van der Waals surface area contributed by atoms with Crippen LogP contribution in [0.25, 0.3) is 5.70 Å². The van der Waals surface area contributed by atoms with Gasteiger partial charge in [0, 0.05) is 25.0 Å². The van der Waals surface area contributed by atoms with Gasteiger partial charge in [-0.15, -0.1) is 0 Å². The van der Waals surface area contributed by atoms with Crippen LogP contribution >= 0.6 is 0 Å². The van der Waals surface area contributed by atoms with Crippen LogP contribution in [0.3, 0.4) is 0 Å². The first kappa shape index (κ1) is 13.4. The first-order valence-electron chi connectivity index (χ1n) is 5.77. The van der Waals surface area contributed by atoms with Crippen molar-refractivity contribution in [3.8, 4) is 0 Å². The molecule has 1 atom stereocenters. The van der Waals surface area contributed by atoms with Crippen molar-refractivity contribution in [2.45, 2.75) is 13.1 Å². The summed E-state index contributed by atoms with van der Waals surface area (Å²) in [6, 6.07) is 1.40. The fraction of sp³-hybridized carbons (Fsp3) is 0.333. The first-order valence-corrected chi connectivity index (χ1v) is 5.77. The van der Waals surface area contributed by atoms with Gasteiger partial charge in [0.1, 0.15) is 11.9 Å². The Morgan fingerprint density at radius 3 is 2.79 bits per heavy atom. The van der Waals surface area contributed by atoms with Crippen molar-refractivity contribution in [3.63, 3.8) is 0 Å². The van der Waals surface area contributed by atoms with E-state index in [1.807, 2.05) is 11.9 Å². The van der Waals surface area contributed by atoms with Crippen LogP contribution in [0.4, 0.5) is 14.6 Å². The Morgan fingerprint density at radius 2 is 2.16 bits per heavy atom. The molecule has 5 nitrogen and oxygen atoms in total. The molecule has 0 radical (unpaired) electrons. The number of pyridine rings is 1. The summed E-state index contributed by atoms with van der Waals surface area (Å²) in [5, 5.41) is 2.14. The van der Waals surface area contributed by atoms with Gasteiger partial charge in [-0.3, -0.25) is 15.3 Å². The third kappa shape index (κ3) is 2.55. The van der Waals surface area contributed by atoms with Crippen LogP contribution in [0.5, 0.6) is 0 Å². The number of nitrogens with zero attached hydrogens (tertiary/aromatic N) is 4. The van der Waals surface area contributed by atoms with Gasteiger partial charge in [0.2, 0.25) is 0 Å². The van der Waals surface area contributed by atoms with Gasteiger partial charge < -0.3 is 4.90 Å². The lowest BCUT2D eigenvalue weighted by atomic mass is 10.1. The molecule has 7 heteroatoms. The molecule has 0 amide bonds. The van der Waals surface area contributed by atoms with Crippen molar-refractivity contribution < 1.29 is 8.96 Å². The van der Waals surface area contributed by atoms with E-state index in [9.17, 15) is 8.96 Å². The molecule has 0 saturated heterocycles. The van der Waals surface area contributed by atoms with Gasteiger partial charge in [0.25, 0.3) is 0 Å². The lowest BCUT2D eigenvalue weighted by molar-refractivity contribution is 0.234. The summed E-state index contributed by atoms with van der Waals surface area (Å²) in [7, 11) is 3.67. The SMILES string of the molecule is CNC1C=NC=C(c2cnc(C)c(N(F)F)c2)N1C. The maximum absolute atomic E-state index is 12.7. The molecule has 1 aliphatic rings. The van der Waals surface area contributed by atoms with Crippen LogP contribution in [0.1, 0.15) is 11.3 Å². The van der Waals surface area contributed by atoms with Crippen molar-refractivity contribution >= 4 is 17.6 Å². The Kier molecular flexibility index (Phi) is 3.75. The number of aliphatic imine (C=N–C) groups is 1. The number of halogens is 2. The van der Waals surface area contributed by atoms with E-state index in [0.29, 0.717) is 5.56 Å². The summed E-state index contributed by atoms with van der Waals surface area (Å²) in [6.45, 7) is 1.54. The highest BCUT2D eigenvalue weighted by atomic mass is 19.4. The van der Waals surface area contributed by atoms with E-state index in [1.165, 1.54) is 6.07 Å². The van der Waals surface area contributed by atoms with E-state index in [0.717, 1.165) is 5.70 Å². The van der Waals surface area contributed by atoms with Gasteiger partial charge >= 0.3 is 0 Å². The molecule has 1 aliphatic heterocycles. The molecular formula is C12H15F2N5. The fourth-order valence-corrected chi connectivity index (χ4v) is 1.92. The van der Waals surface area contributed by atoms with Crippen LogP contribution in [-0.4, -0.2) is 36.4 Å². The van der Waals surface area contributed by atoms with E-state index in [-0.39, 0.29) is 17.5 Å². The molecule has 102 valence electrons. The van der Waals surface area contributed by atoms with Gasteiger partial charge in [-0.25, -0.2) is 0 Å². The number of rotatable bonds is 3. The van der Waals surface area contributed by atoms with Crippen molar-refractivity contribution in [3.05, 3.63) is 29.7 Å². The zero-order chi connectivity index (χ0) is 14.0. The van der Waals surface area contributed by atoms with Crippen LogP contribution in [0.15, 0.2) is 23.5 Å². The molecule has 0 bridgehead atoms. The number of aromatic nitrogens is 1. The van der Waals surface area contributed by atoms with Crippen molar-refractivity contribution in [1.29, 1.82) is 0 Å². The number of aryl methyl sites for hydroxylation is 1. The average Bonchev–Trinajstić information content (AvgIpc) is 2.39. The van der Waals surface area contributed by atoms with E-state index in [4.69, 9.17) is 0 Å². The standard InChI is InChI=1S/C12H15F2N5/c1-8-10(19(13)14)4-9(5-17-8)11-6-16-7-12(15-2)18(11)3/h4-7,12,15H,1-3H3. The van der Waals surface area contributed by atoms with Gasteiger partial charge in [-0.2, -0.15) is 0 Å². The zero-order valence-electron chi connectivity index (χ0n) is 10.9. The molecule has 1 aromatic heterocycles. The largest absolute Gasteiger partial charge is 0.352 e. The number of hydrogen-bond acceptors (Lipinski definition) is 5. The minimum Gasteiger partial charge on any atom is -0.352 e.